The molecule has 0 bridgehead atoms. The van der Waals surface area contributed by atoms with E-state index in [-0.39, 0.29) is 16.9 Å². The minimum atomic E-state index is -1.77. The van der Waals surface area contributed by atoms with E-state index in [1.807, 2.05) is 0 Å². The fourth-order valence-electron chi connectivity index (χ4n) is 2.05. The van der Waals surface area contributed by atoms with Crippen LogP contribution in [-0.2, 0) is 5.60 Å². The molecule has 100 valence electrons. The van der Waals surface area contributed by atoms with Crippen LogP contribution in [0.15, 0.2) is 42.5 Å². The molecule has 2 aromatic carbocycles. The van der Waals surface area contributed by atoms with Gasteiger partial charge in [0.05, 0.1) is 7.11 Å². The fraction of sp³-hybridized carbons (Fsp3) is 0.200. The van der Waals surface area contributed by atoms with E-state index in [0.29, 0.717) is 0 Å². The van der Waals surface area contributed by atoms with E-state index in [2.05, 4.69) is 0 Å². The molecule has 0 heterocycles. The third-order valence-electron chi connectivity index (χ3n) is 3.11. The third-order valence-corrected chi connectivity index (χ3v) is 3.11. The molecule has 2 rings (SSSR count). The molecule has 4 heteroatoms. The Morgan fingerprint density at radius 3 is 2.26 bits per heavy atom. The van der Waals surface area contributed by atoms with Crippen molar-refractivity contribution >= 4 is 0 Å². The Bertz CT molecular complexity index is 594. The van der Waals surface area contributed by atoms with Crippen molar-refractivity contribution in [2.75, 3.05) is 7.11 Å². The minimum Gasteiger partial charge on any atom is -0.494 e. The van der Waals surface area contributed by atoms with E-state index >= 15 is 0 Å². The van der Waals surface area contributed by atoms with Gasteiger partial charge in [0.2, 0.25) is 0 Å². The van der Waals surface area contributed by atoms with E-state index in [1.165, 1.54) is 44.4 Å². The maximum atomic E-state index is 14.2. The predicted octanol–water partition coefficient (Wildman–Crippen LogP) is 3.23. The van der Waals surface area contributed by atoms with Crippen LogP contribution in [0.1, 0.15) is 18.1 Å². The molecule has 2 nitrogen and oxygen atoms in total. The number of halogens is 2. The molecule has 19 heavy (non-hydrogen) atoms. The average molecular weight is 264 g/mol. The quantitative estimate of drug-likeness (QED) is 0.922. The van der Waals surface area contributed by atoms with Crippen molar-refractivity contribution in [1.29, 1.82) is 0 Å². The van der Waals surface area contributed by atoms with Crippen LogP contribution in [0, 0.1) is 11.6 Å². The summed E-state index contributed by atoms with van der Waals surface area (Å²) in [4.78, 5) is 0. The van der Waals surface area contributed by atoms with Crippen LogP contribution in [0.2, 0.25) is 0 Å². The van der Waals surface area contributed by atoms with Gasteiger partial charge in [0.25, 0.3) is 0 Å². The summed E-state index contributed by atoms with van der Waals surface area (Å²) in [5, 5.41) is 10.5. The van der Waals surface area contributed by atoms with Crippen molar-refractivity contribution < 1.29 is 18.6 Å². The van der Waals surface area contributed by atoms with E-state index < -0.39 is 17.2 Å². The Balaban J connectivity index is 2.60. The van der Waals surface area contributed by atoms with Gasteiger partial charge in [0.15, 0.2) is 11.6 Å². The maximum absolute atomic E-state index is 14.2. The summed E-state index contributed by atoms with van der Waals surface area (Å²) in [6, 6.07) is 10.1. The molecule has 0 amide bonds. The molecule has 0 aliphatic heterocycles. The molecule has 1 N–H and O–H groups in total. The molecule has 0 spiro atoms. The van der Waals surface area contributed by atoms with E-state index in [9.17, 15) is 13.9 Å². The van der Waals surface area contributed by atoms with Crippen molar-refractivity contribution in [2.45, 2.75) is 12.5 Å². The molecular weight excluding hydrogens is 250 g/mol. The van der Waals surface area contributed by atoms with Gasteiger partial charge >= 0.3 is 0 Å². The van der Waals surface area contributed by atoms with E-state index in [0.717, 1.165) is 0 Å². The van der Waals surface area contributed by atoms with Crippen LogP contribution in [-0.4, -0.2) is 12.2 Å². The summed E-state index contributed by atoms with van der Waals surface area (Å²) in [5.41, 5.74) is -1.79. The van der Waals surface area contributed by atoms with Crippen LogP contribution < -0.4 is 4.74 Å². The van der Waals surface area contributed by atoms with Gasteiger partial charge in [-0.15, -0.1) is 0 Å². The SMILES string of the molecule is COc1cccc(C(C)(O)c2ccccc2F)c1F. The number of hydrogen-bond donors (Lipinski definition) is 1. The Morgan fingerprint density at radius 1 is 1.00 bits per heavy atom. The van der Waals surface area contributed by atoms with Crippen LogP contribution in [0.3, 0.4) is 0 Å². The Hall–Kier alpha value is -1.94. The van der Waals surface area contributed by atoms with Crippen LogP contribution in [0.25, 0.3) is 0 Å². The van der Waals surface area contributed by atoms with Crippen LogP contribution in [0.5, 0.6) is 5.75 Å². The number of methoxy groups -OCH3 is 1. The van der Waals surface area contributed by atoms with Gasteiger partial charge in [-0.3, -0.25) is 0 Å². The van der Waals surface area contributed by atoms with Gasteiger partial charge in [-0.25, -0.2) is 8.78 Å². The van der Waals surface area contributed by atoms with E-state index in [1.54, 1.807) is 12.1 Å². The number of ether oxygens (including phenoxy) is 1. The van der Waals surface area contributed by atoms with Crippen molar-refractivity contribution in [3.8, 4) is 5.75 Å². The fourth-order valence-corrected chi connectivity index (χ4v) is 2.05. The number of hydrogen-bond acceptors (Lipinski definition) is 2. The zero-order valence-corrected chi connectivity index (χ0v) is 10.7. The lowest BCUT2D eigenvalue weighted by Crippen LogP contribution is -2.25. The molecule has 1 unspecified atom stereocenters. The van der Waals surface area contributed by atoms with Gasteiger partial charge in [-0.1, -0.05) is 30.3 Å². The van der Waals surface area contributed by atoms with Gasteiger partial charge < -0.3 is 9.84 Å². The lowest BCUT2D eigenvalue weighted by Gasteiger charge is -2.25. The summed E-state index contributed by atoms with van der Waals surface area (Å²) >= 11 is 0. The topological polar surface area (TPSA) is 29.5 Å². The van der Waals surface area contributed by atoms with Gasteiger partial charge in [0, 0.05) is 11.1 Å². The second-order valence-electron chi connectivity index (χ2n) is 4.37. The first-order valence-corrected chi connectivity index (χ1v) is 5.79. The lowest BCUT2D eigenvalue weighted by molar-refractivity contribution is 0.0931. The number of aliphatic hydroxyl groups is 1. The normalized spacial score (nSPS) is 13.9. The first-order valence-electron chi connectivity index (χ1n) is 5.79. The minimum absolute atomic E-state index is 0.00844. The largest absolute Gasteiger partial charge is 0.494 e. The molecule has 0 aliphatic rings. The first kappa shape index (κ1) is 13.5. The summed E-state index contributed by atoms with van der Waals surface area (Å²) in [6.45, 7) is 1.35. The second kappa shape index (κ2) is 4.97. The maximum Gasteiger partial charge on any atom is 0.171 e. The van der Waals surface area contributed by atoms with Crippen molar-refractivity contribution in [3.63, 3.8) is 0 Å². The highest BCUT2D eigenvalue weighted by atomic mass is 19.1. The molecule has 1 atom stereocenters. The van der Waals surface area contributed by atoms with Gasteiger partial charge in [-0.05, 0) is 19.1 Å². The van der Waals surface area contributed by atoms with Crippen molar-refractivity contribution in [2.24, 2.45) is 0 Å². The van der Waals surface area contributed by atoms with Gasteiger partial charge in [0.1, 0.15) is 11.4 Å². The molecule has 0 fully saturated rings. The van der Waals surface area contributed by atoms with Crippen molar-refractivity contribution in [3.05, 3.63) is 65.2 Å². The molecule has 0 saturated carbocycles. The molecule has 0 radical (unpaired) electrons. The standard InChI is InChI=1S/C15H14F2O2/c1-15(18,10-6-3-4-8-12(10)16)11-7-5-9-13(19-2)14(11)17/h3-9,18H,1-2H3. The monoisotopic (exact) mass is 264 g/mol. The first-order chi connectivity index (χ1) is 8.98. The molecule has 0 saturated heterocycles. The van der Waals surface area contributed by atoms with Crippen LogP contribution in [0.4, 0.5) is 8.78 Å². The molecule has 2 aromatic rings. The highest BCUT2D eigenvalue weighted by Crippen LogP contribution is 2.35. The zero-order chi connectivity index (χ0) is 14.0. The summed E-state index contributed by atoms with van der Waals surface area (Å²) in [5.74, 6) is -1.28. The Labute approximate surface area is 110 Å². The summed E-state index contributed by atoms with van der Waals surface area (Å²) in [6.07, 6.45) is 0. The Kier molecular flexibility index (Phi) is 3.53. The zero-order valence-electron chi connectivity index (χ0n) is 10.7. The summed E-state index contributed by atoms with van der Waals surface area (Å²) < 4.78 is 32.8. The number of rotatable bonds is 3. The Morgan fingerprint density at radius 2 is 1.63 bits per heavy atom. The molecule has 0 aliphatic carbocycles. The predicted molar refractivity (Wildman–Crippen MR) is 68.0 cm³/mol. The van der Waals surface area contributed by atoms with Crippen LogP contribution >= 0.6 is 0 Å². The molecular formula is C15H14F2O2. The van der Waals surface area contributed by atoms with Crippen molar-refractivity contribution in [1.82, 2.24) is 0 Å². The van der Waals surface area contributed by atoms with Gasteiger partial charge in [-0.2, -0.15) is 0 Å². The highest BCUT2D eigenvalue weighted by Gasteiger charge is 2.32. The number of benzene rings is 2. The molecule has 0 aromatic heterocycles. The lowest BCUT2D eigenvalue weighted by atomic mass is 9.87. The summed E-state index contributed by atoms with van der Waals surface area (Å²) in [7, 11) is 1.33. The highest BCUT2D eigenvalue weighted by molar-refractivity contribution is 5.41. The second-order valence-corrected chi connectivity index (χ2v) is 4.37. The third kappa shape index (κ3) is 2.31. The van der Waals surface area contributed by atoms with E-state index in [4.69, 9.17) is 4.74 Å². The average Bonchev–Trinajstić information content (AvgIpc) is 2.39. The smallest absolute Gasteiger partial charge is 0.171 e.